The van der Waals surface area contributed by atoms with Crippen molar-refractivity contribution in [1.29, 1.82) is 0 Å². The Bertz CT molecular complexity index is 1010. The summed E-state index contributed by atoms with van der Waals surface area (Å²) in [6.45, 7) is 1.32. The number of hydrogen-bond donors (Lipinski definition) is 2. The third-order valence-electron chi connectivity index (χ3n) is 5.84. The number of Topliss-reactive ketones (excluding diaryl/α,β-unsaturated/α-hetero) is 1. The molecule has 172 valence electrons. The Hall–Kier alpha value is -2.23. The van der Waals surface area contributed by atoms with Crippen LogP contribution in [0.5, 0.6) is 0 Å². The first kappa shape index (κ1) is 24.4. The smallest absolute Gasteiger partial charge is 0.305 e. The van der Waals surface area contributed by atoms with E-state index in [2.05, 4.69) is 10.3 Å². The molecule has 1 aromatic carbocycles. The highest BCUT2D eigenvalue weighted by Gasteiger charge is 2.40. The second kappa shape index (κ2) is 10.6. The number of carboxylic acid groups (broad SMARTS) is 1. The van der Waals surface area contributed by atoms with Crippen LogP contribution in [0.25, 0.3) is 6.08 Å². The largest absolute Gasteiger partial charge is 0.481 e. The molecule has 0 radical (unpaired) electrons. The molecule has 4 rings (SSSR count). The summed E-state index contributed by atoms with van der Waals surface area (Å²) in [4.78, 5) is 26.1. The van der Waals surface area contributed by atoms with E-state index in [-0.39, 0.29) is 48.1 Å². The summed E-state index contributed by atoms with van der Waals surface area (Å²) in [5.41, 5.74) is 2.08. The summed E-state index contributed by atoms with van der Waals surface area (Å²) in [6.07, 6.45) is 5.88. The van der Waals surface area contributed by atoms with E-state index < -0.39 is 12.0 Å². The van der Waals surface area contributed by atoms with E-state index in [0.29, 0.717) is 30.8 Å². The van der Waals surface area contributed by atoms with Gasteiger partial charge in [0, 0.05) is 29.8 Å². The van der Waals surface area contributed by atoms with E-state index >= 15 is 0 Å². The number of rotatable bonds is 8. The van der Waals surface area contributed by atoms with Crippen molar-refractivity contribution in [3.8, 4) is 0 Å². The van der Waals surface area contributed by atoms with E-state index in [1.807, 2.05) is 11.0 Å². The Morgan fingerprint density at radius 2 is 2.03 bits per heavy atom. The maximum atomic E-state index is 14.6. The van der Waals surface area contributed by atoms with Crippen LogP contribution < -0.4 is 0 Å². The normalized spacial score (nSPS) is 21.2. The molecule has 2 atom stereocenters. The van der Waals surface area contributed by atoms with Gasteiger partial charge in [-0.05, 0) is 37.0 Å². The van der Waals surface area contributed by atoms with Gasteiger partial charge < -0.3 is 5.11 Å². The number of aryl methyl sites for hydroxylation is 1. The van der Waals surface area contributed by atoms with Crippen molar-refractivity contribution < 1.29 is 19.1 Å². The molecule has 10 heteroatoms. The minimum absolute atomic E-state index is 0. The highest BCUT2D eigenvalue weighted by Crippen LogP contribution is 2.39. The van der Waals surface area contributed by atoms with Crippen LogP contribution >= 0.6 is 25.0 Å². The zero-order chi connectivity index (χ0) is 22.0. The molecule has 1 aliphatic carbocycles. The average molecular weight is 481 g/mol. The Labute approximate surface area is 197 Å². The van der Waals surface area contributed by atoms with Gasteiger partial charge in [-0.2, -0.15) is 12.6 Å². The summed E-state index contributed by atoms with van der Waals surface area (Å²) in [5, 5.41) is 16.8. The number of nitrogens with zero attached hydrogens (tertiary/aromatic N) is 4. The van der Waals surface area contributed by atoms with Gasteiger partial charge in [-0.3, -0.25) is 14.5 Å². The molecule has 32 heavy (non-hydrogen) atoms. The lowest BCUT2D eigenvalue weighted by atomic mass is 9.93. The molecule has 2 aliphatic rings. The molecular weight excluding hydrogens is 455 g/mol. The molecule has 1 saturated heterocycles. The zero-order valence-electron chi connectivity index (χ0n) is 17.4. The molecule has 0 spiro atoms. The number of thiol groups is 1. The number of carbonyl (C=O) groups excluding carboxylic acids is 1. The van der Waals surface area contributed by atoms with Crippen molar-refractivity contribution in [1.82, 2.24) is 19.9 Å². The van der Waals surface area contributed by atoms with Crippen molar-refractivity contribution >= 4 is 42.9 Å². The third kappa shape index (κ3) is 5.57. The van der Waals surface area contributed by atoms with Crippen molar-refractivity contribution in [2.75, 3.05) is 13.1 Å². The molecule has 1 aromatic heterocycles. The molecule has 1 saturated carbocycles. The number of piperidine rings is 1. The minimum Gasteiger partial charge on any atom is -0.481 e. The van der Waals surface area contributed by atoms with Crippen LogP contribution in [0, 0.1) is 11.7 Å². The van der Waals surface area contributed by atoms with Gasteiger partial charge in [0.05, 0.1) is 30.9 Å². The SMILES string of the molecule is Cl.O=C(O)CCn1nncc1C=C1CN(C(C(=O)C2CC2)c2ccccc2F)CCC1S. The maximum Gasteiger partial charge on any atom is 0.305 e. The van der Waals surface area contributed by atoms with Crippen LogP contribution in [0.3, 0.4) is 0 Å². The number of benzene rings is 1. The Kier molecular flexibility index (Phi) is 8.08. The second-order valence-corrected chi connectivity index (χ2v) is 8.74. The first-order chi connectivity index (χ1) is 14.9. The van der Waals surface area contributed by atoms with Crippen molar-refractivity contribution in [2.24, 2.45) is 5.92 Å². The fourth-order valence-corrected chi connectivity index (χ4v) is 4.29. The molecule has 1 aliphatic heterocycles. The summed E-state index contributed by atoms with van der Waals surface area (Å²) in [5.74, 6) is -1.19. The number of ketones is 1. The molecule has 2 aromatic rings. The predicted molar refractivity (Wildman–Crippen MR) is 123 cm³/mol. The topological polar surface area (TPSA) is 88.3 Å². The van der Waals surface area contributed by atoms with Crippen LogP contribution in [0.1, 0.15) is 43.0 Å². The number of aliphatic carboxylic acids is 1. The predicted octanol–water partition coefficient (Wildman–Crippen LogP) is 3.42. The van der Waals surface area contributed by atoms with Gasteiger partial charge in [0.1, 0.15) is 5.82 Å². The van der Waals surface area contributed by atoms with Gasteiger partial charge in [0.2, 0.25) is 0 Å². The molecule has 2 fully saturated rings. The number of likely N-dealkylation sites (tertiary alicyclic amines) is 1. The van der Waals surface area contributed by atoms with Crippen LogP contribution in [-0.4, -0.2) is 55.1 Å². The number of carboxylic acids is 1. The highest BCUT2D eigenvalue weighted by atomic mass is 35.5. The van der Waals surface area contributed by atoms with Crippen LogP contribution in [0.15, 0.2) is 36.0 Å². The summed E-state index contributed by atoms with van der Waals surface area (Å²) < 4.78 is 16.2. The molecule has 1 N–H and O–H groups in total. The van der Waals surface area contributed by atoms with Gasteiger partial charge in [-0.25, -0.2) is 9.07 Å². The fraction of sp³-hybridized carbons (Fsp3) is 0.455. The van der Waals surface area contributed by atoms with Crippen LogP contribution in [0.2, 0.25) is 0 Å². The Morgan fingerprint density at radius 3 is 2.72 bits per heavy atom. The number of halogens is 2. The van der Waals surface area contributed by atoms with Crippen molar-refractivity contribution in [2.45, 2.75) is 43.5 Å². The highest BCUT2D eigenvalue weighted by molar-refractivity contribution is 7.81. The maximum absolute atomic E-state index is 14.6. The van der Waals surface area contributed by atoms with E-state index in [0.717, 1.165) is 18.4 Å². The average Bonchev–Trinajstić information content (AvgIpc) is 3.50. The van der Waals surface area contributed by atoms with E-state index in [4.69, 9.17) is 17.7 Å². The van der Waals surface area contributed by atoms with Gasteiger partial charge in [0.15, 0.2) is 5.78 Å². The summed E-state index contributed by atoms with van der Waals surface area (Å²) in [7, 11) is 0. The molecular formula is C22H26ClFN4O3S. The third-order valence-corrected chi connectivity index (χ3v) is 6.43. The molecule has 0 amide bonds. The quantitative estimate of drug-likeness (QED) is 0.563. The molecule has 2 unspecified atom stereocenters. The van der Waals surface area contributed by atoms with Gasteiger partial charge in [-0.1, -0.05) is 23.4 Å². The lowest BCUT2D eigenvalue weighted by Gasteiger charge is -2.37. The summed E-state index contributed by atoms with van der Waals surface area (Å²) >= 11 is 4.71. The molecule has 2 heterocycles. The Balaban J connectivity index is 0.00000289. The fourth-order valence-electron chi connectivity index (χ4n) is 4.02. The lowest BCUT2D eigenvalue weighted by Crippen LogP contribution is -2.42. The van der Waals surface area contributed by atoms with E-state index in [9.17, 15) is 14.0 Å². The first-order valence-corrected chi connectivity index (χ1v) is 11.0. The Morgan fingerprint density at radius 1 is 1.28 bits per heavy atom. The molecule has 0 bridgehead atoms. The first-order valence-electron chi connectivity index (χ1n) is 10.4. The van der Waals surface area contributed by atoms with E-state index in [1.54, 1.807) is 29.1 Å². The van der Waals surface area contributed by atoms with Crippen LogP contribution in [-0.2, 0) is 16.1 Å². The number of carbonyl (C=O) groups is 2. The standard InChI is InChI=1S/C22H25FN4O3S.ClH/c23-18-4-2-1-3-17(18)21(22(30)14-5-6-14)26-9-7-19(31)15(13-26)11-16-12-24-25-27(16)10-8-20(28)29;/h1-4,11-12,14,19,21,31H,5-10,13H2,(H,28,29);1H. The lowest BCUT2D eigenvalue weighted by molar-refractivity contribution is -0.137. The number of aromatic nitrogens is 3. The van der Waals surface area contributed by atoms with Gasteiger partial charge in [0.25, 0.3) is 0 Å². The second-order valence-electron chi connectivity index (χ2n) is 8.12. The summed E-state index contributed by atoms with van der Waals surface area (Å²) in [6, 6.07) is 5.88. The van der Waals surface area contributed by atoms with Gasteiger partial charge >= 0.3 is 5.97 Å². The van der Waals surface area contributed by atoms with Crippen LogP contribution in [0.4, 0.5) is 4.39 Å². The minimum atomic E-state index is -0.906. The zero-order valence-corrected chi connectivity index (χ0v) is 19.1. The van der Waals surface area contributed by atoms with Crippen molar-refractivity contribution in [3.05, 3.63) is 53.1 Å². The number of hydrogen-bond acceptors (Lipinski definition) is 6. The van der Waals surface area contributed by atoms with Crippen molar-refractivity contribution in [3.63, 3.8) is 0 Å². The van der Waals surface area contributed by atoms with Gasteiger partial charge in [-0.15, -0.1) is 17.5 Å². The monoisotopic (exact) mass is 480 g/mol. The van der Waals surface area contributed by atoms with E-state index in [1.165, 1.54) is 6.07 Å². The molecule has 7 nitrogen and oxygen atoms in total.